The van der Waals surface area contributed by atoms with Gasteiger partial charge in [-0.3, -0.25) is 9.52 Å². The van der Waals surface area contributed by atoms with Gasteiger partial charge in [0.25, 0.3) is 15.9 Å². The molecule has 0 aromatic heterocycles. The second kappa shape index (κ2) is 8.90. The van der Waals surface area contributed by atoms with Gasteiger partial charge in [0.15, 0.2) is 0 Å². The molecule has 0 spiro atoms. The molecule has 156 valence electrons. The Morgan fingerprint density at radius 3 is 2.30 bits per heavy atom. The highest BCUT2D eigenvalue weighted by molar-refractivity contribution is 7.92. The van der Waals surface area contributed by atoms with Crippen molar-refractivity contribution in [2.24, 2.45) is 0 Å². The van der Waals surface area contributed by atoms with Crippen LogP contribution in [0.4, 0.5) is 5.69 Å². The summed E-state index contributed by atoms with van der Waals surface area (Å²) in [6, 6.07) is 18.4. The minimum Gasteiger partial charge on any atom is -0.346 e. The van der Waals surface area contributed by atoms with Crippen LogP contribution in [0.2, 0.25) is 5.02 Å². The van der Waals surface area contributed by atoms with Crippen molar-refractivity contribution in [3.05, 3.63) is 94.0 Å². The van der Waals surface area contributed by atoms with Gasteiger partial charge in [-0.05, 0) is 62.2 Å². The molecule has 3 rings (SSSR count). The lowest BCUT2D eigenvalue weighted by Gasteiger charge is -2.17. The van der Waals surface area contributed by atoms with Gasteiger partial charge in [0.05, 0.1) is 21.6 Å². The molecular weight excluding hydrogens is 420 g/mol. The van der Waals surface area contributed by atoms with Gasteiger partial charge < -0.3 is 5.32 Å². The molecule has 0 bridgehead atoms. The highest BCUT2D eigenvalue weighted by atomic mass is 35.5. The molecule has 1 atom stereocenters. The van der Waals surface area contributed by atoms with Crippen molar-refractivity contribution in [3.63, 3.8) is 0 Å². The summed E-state index contributed by atoms with van der Waals surface area (Å²) in [5.41, 5.74) is 3.85. The molecule has 0 aliphatic heterocycles. The van der Waals surface area contributed by atoms with Crippen molar-refractivity contribution >= 4 is 33.2 Å². The number of sulfonamides is 1. The summed E-state index contributed by atoms with van der Waals surface area (Å²) in [5, 5.41) is 3.10. The van der Waals surface area contributed by atoms with Crippen molar-refractivity contribution < 1.29 is 13.2 Å². The fourth-order valence-electron chi connectivity index (χ4n) is 3.21. The van der Waals surface area contributed by atoms with E-state index in [9.17, 15) is 13.2 Å². The third-order valence-electron chi connectivity index (χ3n) is 4.77. The predicted octanol–water partition coefficient (Wildman–Crippen LogP) is 5.25. The number of carbonyl (C=O) groups is 1. The van der Waals surface area contributed by atoms with Gasteiger partial charge in [-0.2, -0.15) is 0 Å². The first-order chi connectivity index (χ1) is 14.2. The molecule has 0 saturated carbocycles. The molecule has 0 fully saturated rings. The first-order valence-corrected chi connectivity index (χ1v) is 11.3. The molecule has 30 heavy (non-hydrogen) atoms. The number of hydrogen-bond donors (Lipinski definition) is 2. The van der Waals surface area contributed by atoms with E-state index in [1.54, 1.807) is 24.3 Å². The number of hydrogen-bond acceptors (Lipinski definition) is 3. The average Bonchev–Trinajstić information content (AvgIpc) is 2.70. The molecule has 0 radical (unpaired) electrons. The van der Waals surface area contributed by atoms with Crippen LogP contribution in [0.15, 0.2) is 71.6 Å². The SMILES string of the molecule is Cc1ccc([C@@H](C)NC(=O)c2ccc(NS(=O)(=O)c3ccccc3)c(Cl)c2)c(C)c1. The Labute approximate surface area is 182 Å². The molecule has 0 heterocycles. The Kier molecular flexibility index (Phi) is 6.48. The summed E-state index contributed by atoms with van der Waals surface area (Å²) in [5.74, 6) is -0.290. The standard InChI is InChI=1S/C23H23ClN2O3S/c1-15-9-11-20(16(2)13-15)17(3)25-23(27)18-10-12-22(21(24)14-18)26-30(28,29)19-7-5-4-6-8-19/h4-14,17,26H,1-3H3,(H,25,27)/t17-/m1/s1. The Morgan fingerprint density at radius 2 is 1.67 bits per heavy atom. The second-order valence-corrected chi connectivity index (χ2v) is 9.26. The summed E-state index contributed by atoms with van der Waals surface area (Å²) >= 11 is 6.26. The van der Waals surface area contributed by atoms with E-state index in [1.807, 2.05) is 32.9 Å². The van der Waals surface area contributed by atoms with E-state index < -0.39 is 10.0 Å². The third kappa shape index (κ3) is 5.01. The largest absolute Gasteiger partial charge is 0.346 e. The monoisotopic (exact) mass is 442 g/mol. The van der Waals surface area contributed by atoms with Gasteiger partial charge >= 0.3 is 0 Å². The maximum atomic E-state index is 12.7. The van der Waals surface area contributed by atoms with Crippen molar-refractivity contribution in [1.29, 1.82) is 0 Å². The van der Waals surface area contributed by atoms with Crippen LogP contribution >= 0.6 is 11.6 Å². The lowest BCUT2D eigenvalue weighted by molar-refractivity contribution is 0.0940. The van der Waals surface area contributed by atoms with Crippen LogP contribution in [0.5, 0.6) is 0 Å². The van der Waals surface area contributed by atoms with E-state index in [0.29, 0.717) is 5.56 Å². The van der Waals surface area contributed by atoms with Gasteiger partial charge in [-0.25, -0.2) is 8.42 Å². The van der Waals surface area contributed by atoms with E-state index in [2.05, 4.69) is 16.1 Å². The van der Waals surface area contributed by atoms with Crippen LogP contribution in [-0.4, -0.2) is 14.3 Å². The van der Waals surface area contributed by atoms with Crippen molar-refractivity contribution in [2.45, 2.75) is 31.7 Å². The molecule has 2 N–H and O–H groups in total. The van der Waals surface area contributed by atoms with Gasteiger partial charge in [0.1, 0.15) is 0 Å². The Bertz CT molecular complexity index is 1180. The molecule has 5 nitrogen and oxygen atoms in total. The molecule has 3 aromatic rings. The van der Waals surface area contributed by atoms with Gasteiger partial charge in [-0.15, -0.1) is 0 Å². The number of amides is 1. The second-order valence-electron chi connectivity index (χ2n) is 7.17. The number of aryl methyl sites for hydroxylation is 2. The zero-order valence-electron chi connectivity index (χ0n) is 16.9. The highest BCUT2D eigenvalue weighted by Crippen LogP contribution is 2.26. The molecule has 7 heteroatoms. The van der Waals surface area contributed by atoms with E-state index >= 15 is 0 Å². The van der Waals surface area contributed by atoms with E-state index in [4.69, 9.17) is 11.6 Å². The number of anilines is 1. The number of benzene rings is 3. The smallest absolute Gasteiger partial charge is 0.261 e. The lowest BCUT2D eigenvalue weighted by atomic mass is 10.00. The van der Waals surface area contributed by atoms with Crippen molar-refractivity contribution in [2.75, 3.05) is 4.72 Å². The normalized spacial score (nSPS) is 12.3. The fourth-order valence-corrected chi connectivity index (χ4v) is 4.60. The molecule has 0 aliphatic carbocycles. The van der Waals surface area contributed by atoms with Crippen LogP contribution in [0.25, 0.3) is 0 Å². The van der Waals surface area contributed by atoms with Crippen LogP contribution in [0, 0.1) is 13.8 Å². The molecular formula is C23H23ClN2O3S. The van der Waals surface area contributed by atoms with E-state index in [-0.39, 0.29) is 27.6 Å². The molecule has 0 unspecified atom stereocenters. The third-order valence-corrected chi connectivity index (χ3v) is 6.46. The predicted molar refractivity (Wildman–Crippen MR) is 120 cm³/mol. The van der Waals surface area contributed by atoms with Crippen LogP contribution < -0.4 is 10.0 Å². The molecule has 3 aromatic carbocycles. The molecule has 1 amide bonds. The van der Waals surface area contributed by atoms with Crippen LogP contribution in [-0.2, 0) is 10.0 Å². The summed E-state index contributed by atoms with van der Waals surface area (Å²) in [6.45, 7) is 5.95. The zero-order valence-corrected chi connectivity index (χ0v) is 18.5. The highest BCUT2D eigenvalue weighted by Gasteiger charge is 2.18. The number of halogens is 1. The number of nitrogens with one attached hydrogen (secondary N) is 2. The zero-order chi connectivity index (χ0) is 21.9. The Hall–Kier alpha value is -2.83. The van der Waals surface area contributed by atoms with Crippen molar-refractivity contribution in [3.8, 4) is 0 Å². The number of carbonyl (C=O) groups excluding carboxylic acids is 1. The Morgan fingerprint density at radius 1 is 0.967 bits per heavy atom. The van der Waals surface area contributed by atoms with Crippen LogP contribution in [0.1, 0.15) is 40.0 Å². The lowest BCUT2D eigenvalue weighted by Crippen LogP contribution is -2.27. The molecule has 0 aliphatic rings. The summed E-state index contributed by atoms with van der Waals surface area (Å²) in [7, 11) is -3.77. The number of rotatable bonds is 6. The molecule has 0 saturated heterocycles. The Balaban J connectivity index is 1.75. The van der Waals surface area contributed by atoms with E-state index in [1.165, 1.54) is 24.3 Å². The van der Waals surface area contributed by atoms with Crippen molar-refractivity contribution in [1.82, 2.24) is 5.32 Å². The van der Waals surface area contributed by atoms with Gasteiger partial charge in [-0.1, -0.05) is 53.6 Å². The first-order valence-electron chi connectivity index (χ1n) is 9.43. The topological polar surface area (TPSA) is 75.3 Å². The van der Waals surface area contributed by atoms with Gasteiger partial charge in [0.2, 0.25) is 0 Å². The minimum absolute atomic E-state index is 0.130. The average molecular weight is 443 g/mol. The summed E-state index contributed by atoms with van der Waals surface area (Å²) in [4.78, 5) is 12.8. The van der Waals surface area contributed by atoms with Crippen LogP contribution in [0.3, 0.4) is 0 Å². The van der Waals surface area contributed by atoms with E-state index in [0.717, 1.165) is 16.7 Å². The summed E-state index contributed by atoms with van der Waals surface area (Å²) in [6.07, 6.45) is 0. The van der Waals surface area contributed by atoms with Gasteiger partial charge in [0, 0.05) is 5.56 Å². The quantitative estimate of drug-likeness (QED) is 0.547. The first kappa shape index (κ1) is 21.9. The summed E-state index contributed by atoms with van der Waals surface area (Å²) < 4.78 is 27.4. The minimum atomic E-state index is -3.77. The maximum Gasteiger partial charge on any atom is 0.261 e. The fraction of sp³-hybridized carbons (Fsp3) is 0.174. The maximum absolute atomic E-state index is 12.7.